The molecule has 0 saturated heterocycles. The highest BCUT2D eigenvalue weighted by molar-refractivity contribution is 5.71. The van der Waals surface area contributed by atoms with Crippen molar-refractivity contribution in [2.75, 3.05) is 19.8 Å². The summed E-state index contributed by atoms with van der Waals surface area (Å²) < 4.78 is 10.7. The third-order valence-electron chi connectivity index (χ3n) is 4.47. The van der Waals surface area contributed by atoms with E-state index in [1.54, 1.807) is 24.3 Å². The Kier molecular flexibility index (Phi) is 5.22. The van der Waals surface area contributed by atoms with E-state index in [0.29, 0.717) is 6.61 Å². The predicted molar refractivity (Wildman–Crippen MR) is 100 cm³/mol. The maximum Gasteiger partial charge on any atom is 0.327 e. The number of allylic oxidation sites excluding steroid dienone is 2. The number of benzene rings is 1. The molecule has 0 unspecified atom stereocenters. The van der Waals surface area contributed by atoms with Crippen molar-refractivity contribution in [1.82, 2.24) is 10.4 Å². The minimum Gasteiger partial charge on any atom is -0.493 e. The number of hydrogen-bond acceptors (Lipinski definition) is 5. The summed E-state index contributed by atoms with van der Waals surface area (Å²) in [6.45, 7) is 7.56. The number of esters is 1. The fourth-order valence-electron chi connectivity index (χ4n) is 2.89. The van der Waals surface area contributed by atoms with Crippen LogP contribution in [0.1, 0.15) is 38.3 Å². The second-order valence-corrected chi connectivity index (χ2v) is 6.92. The van der Waals surface area contributed by atoms with Crippen LogP contribution in [0.15, 0.2) is 42.2 Å². The van der Waals surface area contributed by atoms with Crippen LogP contribution in [-0.4, -0.2) is 30.7 Å². The van der Waals surface area contributed by atoms with E-state index in [0.717, 1.165) is 29.9 Å². The first kappa shape index (κ1) is 17.9. The molecule has 1 aromatic rings. The lowest BCUT2D eigenvalue weighted by Crippen LogP contribution is -2.36. The molecule has 2 aliphatic rings. The van der Waals surface area contributed by atoms with E-state index in [-0.39, 0.29) is 17.9 Å². The van der Waals surface area contributed by atoms with Crippen molar-refractivity contribution in [2.24, 2.45) is 0 Å². The quantitative estimate of drug-likeness (QED) is 0.670. The number of carbonyl (C=O) groups is 1. The third kappa shape index (κ3) is 4.20. The maximum absolute atomic E-state index is 11.5. The number of rotatable bonds is 3. The second kappa shape index (κ2) is 7.57. The summed E-state index contributed by atoms with van der Waals surface area (Å²) in [6, 6.07) is 6.11. The van der Waals surface area contributed by atoms with E-state index < -0.39 is 0 Å². The van der Waals surface area contributed by atoms with Crippen LogP contribution < -0.4 is 10.2 Å². The zero-order valence-corrected chi connectivity index (χ0v) is 15.5. The van der Waals surface area contributed by atoms with E-state index in [2.05, 4.69) is 37.2 Å². The highest BCUT2D eigenvalue weighted by Gasteiger charge is 2.28. The summed E-state index contributed by atoms with van der Waals surface area (Å²) in [5.41, 5.74) is 6.14. The van der Waals surface area contributed by atoms with E-state index in [1.807, 2.05) is 18.2 Å². The van der Waals surface area contributed by atoms with Crippen LogP contribution in [0.25, 0.3) is 0 Å². The molecule has 136 valence electrons. The number of carbonyl (C=O) groups excluding carboxylic acids is 1. The summed E-state index contributed by atoms with van der Waals surface area (Å²) in [7, 11) is 0. The van der Waals surface area contributed by atoms with Gasteiger partial charge >= 0.3 is 5.97 Å². The van der Waals surface area contributed by atoms with Gasteiger partial charge in [-0.05, 0) is 43.0 Å². The molecular weight excluding hydrogens is 328 g/mol. The van der Waals surface area contributed by atoms with Gasteiger partial charge in [-0.25, -0.2) is 0 Å². The van der Waals surface area contributed by atoms with Gasteiger partial charge in [-0.1, -0.05) is 25.7 Å². The van der Waals surface area contributed by atoms with Crippen LogP contribution in [0.4, 0.5) is 0 Å². The summed E-state index contributed by atoms with van der Waals surface area (Å²) >= 11 is 0. The molecule has 0 aromatic heterocycles. The van der Waals surface area contributed by atoms with Crippen LogP contribution in [0.5, 0.6) is 5.75 Å². The topological polar surface area (TPSA) is 50.8 Å². The van der Waals surface area contributed by atoms with Crippen molar-refractivity contribution in [2.45, 2.75) is 32.6 Å². The van der Waals surface area contributed by atoms with Crippen molar-refractivity contribution < 1.29 is 14.3 Å². The van der Waals surface area contributed by atoms with E-state index >= 15 is 0 Å². The summed E-state index contributed by atoms with van der Waals surface area (Å²) in [5.74, 6) is 7.04. The Morgan fingerprint density at radius 1 is 1.38 bits per heavy atom. The lowest BCUT2D eigenvalue weighted by atomic mass is 9.79. The van der Waals surface area contributed by atoms with Gasteiger partial charge in [0.25, 0.3) is 0 Å². The van der Waals surface area contributed by atoms with Gasteiger partial charge in [0, 0.05) is 29.1 Å². The molecule has 2 aliphatic heterocycles. The van der Waals surface area contributed by atoms with Crippen molar-refractivity contribution in [3.8, 4) is 17.6 Å². The number of nitrogens with one attached hydrogen (secondary N) is 1. The molecule has 1 aromatic carbocycles. The van der Waals surface area contributed by atoms with Gasteiger partial charge in [-0.2, -0.15) is 0 Å². The lowest BCUT2D eigenvalue weighted by molar-refractivity contribution is -0.144. The molecule has 2 heterocycles. The molecular formula is C21H24N2O3. The van der Waals surface area contributed by atoms with Crippen LogP contribution in [-0.2, 0) is 14.9 Å². The molecule has 0 bridgehead atoms. The Balaban J connectivity index is 1.67. The molecule has 3 rings (SSSR count). The summed E-state index contributed by atoms with van der Waals surface area (Å²) in [6.07, 6.45) is 6.43. The highest BCUT2D eigenvalue weighted by atomic mass is 16.5. The Hall–Kier alpha value is -2.87. The maximum atomic E-state index is 11.5. The molecule has 5 nitrogen and oxygen atoms in total. The first-order valence-corrected chi connectivity index (χ1v) is 8.84. The molecule has 26 heavy (non-hydrogen) atoms. The van der Waals surface area contributed by atoms with Gasteiger partial charge in [-0.15, -0.1) is 0 Å². The van der Waals surface area contributed by atoms with Crippen LogP contribution in [0, 0.1) is 11.8 Å². The molecule has 0 spiro atoms. The molecule has 0 aliphatic carbocycles. The number of hydrogen-bond donors (Lipinski definition) is 1. The summed E-state index contributed by atoms with van der Waals surface area (Å²) in [4.78, 5) is 11.5. The first-order valence-electron chi connectivity index (χ1n) is 8.84. The SMILES string of the molecule is CCOC(=O)CN1C=CC(C#Cc2ccc3c(c2)C(C)(C)CCO3)=CN1. The zero-order valence-electron chi connectivity index (χ0n) is 15.5. The second-order valence-electron chi connectivity index (χ2n) is 6.92. The largest absolute Gasteiger partial charge is 0.493 e. The smallest absolute Gasteiger partial charge is 0.327 e. The van der Waals surface area contributed by atoms with Gasteiger partial charge < -0.3 is 14.9 Å². The predicted octanol–water partition coefficient (Wildman–Crippen LogP) is 2.88. The minimum absolute atomic E-state index is 0.102. The monoisotopic (exact) mass is 352 g/mol. The number of ether oxygens (including phenoxy) is 2. The minimum atomic E-state index is -0.272. The van der Waals surface area contributed by atoms with E-state index in [4.69, 9.17) is 9.47 Å². The van der Waals surface area contributed by atoms with Crippen molar-refractivity contribution in [3.63, 3.8) is 0 Å². The average Bonchev–Trinajstić information content (AvgIpc) is 2.61. The van der Waals surface area contributed by atoms with Crippen molar-refractivity contribution in [3.05, 3.63) is 53.4 Å². The molecule has 0 atom stereocenters. The molecule has 1 N–H and O–H groups in total. The number of nitrogens with zero attached hydrogens (tertiary/aromatic N) is 1. The van der Waals surface area contributed by atoms with Gasteiger partial charge in [0.15, 0.2) is 0 Å². The van der Waals surface area contributed by atoms with Crippen LogP contribution >= 0.6 is 0 Å². The van der Waals surface area contributed by atoms with Gasteiger partial charge in [-0.3, -0.25) is 9.80 Å². The van der Waals surface area contributed by atoms with E-state index in [9.17, 15) is 4.79 Å². The Bertz CT molecular complexity index is 812. The Morgan fingerprint density at radius 2 is 2.23 bits per heavy atom. The zero-order chi connectivity index (χ0) is 18.6. The average molecular weight is 352 g/mol. The first-order chi connectivity index (χ1) is 12.5. The molecule has 0 radical (unpaired) electrons. The van der Waals surface area contributed by atoms with Crippen LogP contribution in [0.3, 0.4) is 0 Å². The van der Waals surface area contributed by atoms with Crippen molar-refractivity contribution in [1.29, 1.82) is 0 Å². The van der Waals surface area contributed by atoms with E-state index in [1.165, 1.54) is 5.56 Å². The lowest BCUT2D eigenvalue weighted by Gasteiger charge is -2.32. The highest BCUT2D eigenvalue weighted by Crippen LogP contribution is 2.38. The van der Waals surface area contributed by atoms with Crippen molar-refractivity contribution >= 4 is 5.97 Å². The van der Waals surface area contributed by atoms with Gasteiger partial charge in [0.05, 0.1) is 13.2 Å². The fourth-order valence-corrected chi connectivity index (χ4v) is 2.89. The molecule has 0 saturated carbocycles. The third-order valence-corrected chi connectivity index (χ3v) is 4.47. The normalized spacial score (nSPS) is 17.0. The van der Waals surface area contributed by atoms with Crippen LogP contribution in [0.2, 0.25) is 0 Å². The van der Waals surface area contributed by atoms with Gasteiger partial charge in [0.2, 0.25) is 0 Å². The standard InChI is InChI=1S/C21H24N2O3/c1-4-25-20(24)15-23-11-9-17(14-22-23)6-5-16-7-8-19-18(13-16)21(2,3)10-12-26-19/h7-9,11,13-14,22H,4,10,12,15H2,1-3H3. The number of fused-ring (bicyclic) bond motifs is 1. The Morgan fingerprint density at radius 3 is 2.96 bits per heavy atom. The molecule has 0 amide bonds. The Labute approximate surface area is 154 Å². The molecule has 5 heteroatoms. The van der Waals surface area contributed by atoms with Gasteiger partial charge in [0.1, 0.15) is 12.3 Å². The fraction of sp³-hybridized carbons (Fsp3) is 0.381. The number of hydrazine groups is 1. The molecule has 0 fully saturated rings. The summed E-state index contributed by atoms with van der Waals surface area (Å²) in [5, 5.41) is 1.65.